The molecule has 0 aromatic carbocycles. The van der Waals surface area contributed by atoms with E-state index in [1.807, 2.05) is 33.5 Å². The summed E-state index contributed by atoms with van der Waals surface area (Å²) in [6, 6.07) is 0. The molecular weight excluding hydrogens is 1350 g/mol. The maximum atomic E-state index is 4.17. The molecule has 0 saturated heterocycles. The highest BCUT2D eigenvalue weighted by Gasteiger charge is 2.03. The zero-order valence-electron chi connectivity index (χ0n) is 74.8. The molecule has 0 radical (unpaired) electrons. The van der Waals surface area contributed by atoms with Gasteiger partial charge in [0.15, 0.2) is 0 Å². The van der Waals surface area contributed by atoms with Gasteiger partial charge in [0.2, 0.25) is 0 Å². The molecule has 0 aliphatic carbocycles. The van der Waals surface area contributed by atoms with E-state index >= 15 is 0 Å². The third kappa shape index (κ3) is 129. The van der Waals surface area contributed by atoms with Crippen LogP contribution in [0.15, 0.2) is 71.9 Å². The first kappa shape index (κ1) is 114. The molecule has 0 aliphatic heterocycles. The van der Waals surface area contributed by atoms with Crippen LogP contribution < -0.4 is 0 Å². The highest BCUT2D eigenvalue weighted by molar-refractivity contribution is 7.09. The minimum absolute atomic E-state index is 0.645. The van der Waals surface area contributed by atoms with Crippen molar-refractivity contribution in [3.63, 3.8) is 0 Å². The molecule has 18 nitrogen and oxygen atoms in total. The maximum absolute atomic E-state index is 4.17. The molecule has 8 aromatic rings. The van der Waals surface area contributed by atoms with E-state index in [1.165, 1.54) is 34.7 Å². The fourth-order valence-corrected chi connectivity index (χ4v) is 8.03. The molecule has 608 valence electrons. The minimum atomic E-state index is 0.645. The number of aromatic amines is 4. The molecule has 0 atom stereocenters. The van der Waals surface area contributed by atoms with Gasteiger partial charge in [-0.3, -0.25) is 19.9 Å². The predicted molar refractivity (Wildman–Crippen MR) is 461 cm³/mol. The van der Waals surface area contributed by atoms with Crippen LogP contribution in [0.5, 0.6) is 0 Å². The molecule has 8 heterocycles. The van der Waals surface area contributed by atoms with Gasteiger partial charge < -0.3 is 0 Å². The summed E-state index contributed by atoms with van der Waals surface area (Å²) < 4.78 is 1.84. The van der Waals surface area contributed by atoms with Crippen LogP contribution in [0.3, 0.4) is 0 Å². The van der Waals surface area contributed by atoms with Crippen LogP contribution in [0.4, 0.5) is 0 Å². The van der Waals surface area contributed by atoms with Crippen LogP contribution in [0.1, 0.15) is 316 Å². The van der Waals surface area contributed by atoms with E-state index in [-0.39, 0.29) is 0 Å². The van der Waals surface area contributed by atoms with E-state index in [0.717, 1.165) is 133 Å². The van der Waals surface area contributed by atoms with Gasteiger partial charge in [0.1, 0.15) is 37.0 Å². The SMILES string of the molecule is CC(C)C.CC(C)C.CC(C)C.CC(C)C.CC(C)C.CC(C)C.CC(C)C.CC(C)C.CC(C)Cc1cn[nH]n1.CC(C)Cc1cn[nH]n1.CC(C)Cc1cncs1.CC(C)Cc1cscn1.CC(C)Cc1nccs1.CC(C)Cc1ncn[nH]1.CC(C)Cc1ncn[nH]1.CC(C)Cn1cncn1. The van der Waals surface area contributed by atoms with Gasteiger partial charge in [-0.05, 0) is 120 Å². The van der Waals surface area contributed by atoms with E-state index in [0.29, 0.717) is 29.6 Å². The Labute approximate surface area is 654 Å². The molecule has 0 fully saturated rings. The molecule has 0 saturated carbocycles. The molecule has 0 bridgehead atoms. The Hall–Kier alpha value is -5.41. The summed E-state index contributed by atoms with van der Waals surface area (Å²) in [7, 11) is 0. The normalized spacial score (nSPS) is 10.1. The average molecular weight is 1510 g/mol. The van der Waals surface area contributed by atoms with Crippen molar-refractivity contribution in [3.05, 3.63) is 110 Å². The van der Waals surface area contributed by atoms with Crippen molar-refractivity contribution in [3.8, 4) is 0 Å². The standard InChI is InChI=1S/3C7H11NS.5C6H11N3.8C4H10/c1-6(2)3-7-4-9-5-8-7;1-6(2)3-7-4-8-5-9-7;1-6(2)5-7-8-3-4-9-7;1-6(2)3-9-5-7-4-8-9;2*1-5(2)3-6-7-4-8-9-6;2*1-5(2)3-6-4-7-9-8-6;8*1-4(2)3/h2*4-6H,3H2,1-2H3;3-4,6H,5H2,1-2H3;4-6H,3H2,1-2H3;4*4-5H,3H2,1-2H3,(H,7,8,9);8*4H,1-3H3. The first-order valence-electron chi connectivity index (χ1n) is 39.0. The number of nitrogens with zero attached hydrogens (tertiary/aromatic N) is 14. The van der Waals surface area contributed by atoms with Gasteiger partial charge in [0.05, 0.1) is 45.5 Å². The number of rotatable bonds is 16. The van der Waals surface area contributed by atoms with Crippen LogP contribution in [0.25, 0.3) is 0 Å². The van der Waals surface area contributed by atoms with Gasteiger partial charge in [-0.15, -0.1) is 34.0 Å². The first-order valence-corrected chi connectivity index (χ1v) is 41.7. The maximum Gasteiger partial charge on any atom is 0.137 e. The van der Waals surface area contributed by atoms with Crippen LogP contribution in [0.2, 0.25) is 0 Å². The predicted octanol–water partition coefficient (Wildman–Crippen LogP) is 25.3. The lowest BCUT2D eigenvalue weighted by molar-refractivity contribution is 0.482. The summed E-state index contributed by atoms with van der Waals surface area (Å²) in [5, 5.41) is 42.8. The van der Waals surface area contributed by atoms with Crippen molar-refractivity contribution in [2.24, 2.45) is 94.7 Å². The van der Waals surface area contributed by atoms with Crippen molar-refractivity contribution < 1.29 is 0 Å². The van der Waals surface area contributed by atoms with Crippen molar-refractivity contribution >= 4 is 34.0 Å². The molecular formula is C83H168N18S3. The number of H-pyrrole nitrogens is 4. The van der Waals surface area contributed by atoms with E-state index in [4.69, 9.17) is 0 Å². The molecule has 4 N–H and O–H groups in total. The first-order chi connectivity index (χ1) is 48.2. The second-order valence-corrected chi connectivity index (χ2v) is 36.9. The lowest BCUT2D eigenvalue weighted by atomic mass is 10.1. The van der Waals surface area contributed by atoms with E-state index in [1.54, 1.807) is 59.1 Å². The summed E-state index contributed by atoms with van der Waals surface area (Å²) in [6.45, 7) is 87.8. The van der Waals surface area contributed by atoms with Crippen molar-refractivity contribution in [1.29, 1.82) is 0 Å². The fourth-order valence-electron chi connectivity index (χ4n) is 5.82. The summed E-state index contributed by atoms with van der Waals surface area (Å²) in [5.74, 6) is 14.1. The number of aromatic nitrogens is 18. The summed E-state index contributed by atoms with van der Waals surface area (Å²) in [6.07, 6.45) is 21.1. The number of thiazole rings is 3. The molecule has 8 aromatic heterocycles. The smallest absolute Gasteiger partial charge is 0.137 e. The van der Waals surface area contributed by atoms with Gasteiger partial charge in [0, 0.05) is 53.8 Å². The monoisotopic (exact) mass is 1510 g/mol. The minimum Gasteiger partial charge on any atom is -0.263 e. The summed E-state index contributed by atoms with van der Waals surface area (Å²) in [5.41, 5.74) is 7.10. The number of nitrogens with one attached hydrogen (secondary N) is 4. The highest BCUT2D eigenvalue weighted by atomic mass is 32.1. The Morgan fingerprint density at radius 1 is 0.337 bits per heavy atom. The quantitative estimate of drug-likeness (QED) is 0.0705. The zero-order chi connectivity index (χ0) is 82.1. The summed E-state index contributed by atoms with van der Waals surface area (Å²) >= 11 is 5.15. The lowest BCUT2D eigenvalue weighted by Gasteiger charge is -2.01. The van der Waals surface area contributed by atoms with Gasteiger partial charge in [-0.1, -0.05) is 277 Å². The Kier molecular flexibility index (Phi) is 88.2. The summed E-state index contributed by atoms with van der Waals surface area (Å²) in [4.78, 5) is 25.5. The third-order valence-corrected chi connectivity index (χ3v) is 10.8. The Morgan fingerprint density at radius 3 is 0.923 bits per heavy atom. The average Bonchev–Trinajstić information content (AvgIpc) is 2.00. The number of hydrogen-bond donors (Lipinski definition) is 4. The molecule has 0 amide bonds. The van der Waals surface area contributed by atoms with Crippen molar-refractivity contribution in [2.45, 2.75) is 328 Å². The topological polar surface area (TPSA) is 236 Å². The van der Waals surface area contributed by atoms with Crippen LogP contribution in [-0.4, -0.2) is 90.9 Å². The van der Waals surface area contributed by atoms with Gasteiger partial charge in [-0.2, -0.15) is 46.1 Å². The molecule has 8 rings (SSSR count). The van der Waals surface area contributed by atoms with Crippen molar-refractivity contribution in [2.75, 3.05) is 0 Å². The van der Waals surface area contributed by atoms with Gasteiger partial charge in [-0.25, -0.2) is 24.9 Å². The molecule has 21 heteroatoms. The molecule has 104 heavy (non-hydrogen) atoms. The molecule has 0 aliphatic rings. The Bertz CT molecular complexity index is 2060. The number of hydrogen-bond acceptors (Lipinski definition) is 16. The lowest BCUT2D eigenvalue weighted by Crippen LogP contribution is -2.03. The molecule has 0 unspecified atom stereocenters. The second kappa shape index (κ2) is 80.1. The van der Waals surface area contributed by atoms with Crippen LogP contribution in [0, 0.1) is 94.7 Å². The third-order valence-electron chi connectivity index (χ3n) is 8.58. The van der Waals surface area contributed by atoms with Crippen LogP contribution >= 0.6 is 34.0 Å². The zero-order valence-corrected chi connectivity index (χ0v) is 77.3. The van der Waals surface area contributed by atoms with Gasteiger partial charge >= 0.3 is 0 Å². The molecule has 0 spiro atoms. The van der Waals surface area contributed by atoms with Gasteiger partial charge in [0.25, 0.3) is 0 Å². The van der Waals surface area contributed by atoms with E-state index < -0.39 is 0 Å². The highest BCUT2D eigenvalue weighted by Crippen LogP contribution is 2.12. The van der Waals surface area contributed by atoms with E-state index in [2.05, 4.69) is 369 Å². The Morgan fingerprint density at radius 2 is 0.692 bits per heavy atom. The van der Waals surface area contributed by atoms with Crippen molar-refractivity contribution in [1.82, 2.24) is 90.9 Å². The largest absolute Gasteiger partial charge is 0.263 e. The van der Waals surface area contributed by atoms with E-state index in [9.17, 15) is 0 Å². The fraction of sp³-hybridized carbons (Fsp3) is 0.771. The second-order valence-electron chi connectivity index (χ2n) is 34.2. The Balaban J connectivity index is -0.000000160. The van der Waals surface area contributed by atoms with Crippen LogP contribution in [-0.2, 0) is 51.5 Å².